The van der Waals surface area contributed by atoms with Crippen molar-refractivity contribution in [2.24, 2.45) is 0 Å². The number of ether oxygens (including phenoxy) is 5. The molecule has 1 aliphatic heterocycles. The van der Waals surface area contributed by atoms with Crippen molar-refractivity contribution in [1.29, 1.82) is 0 Å². The molecule has 458 valence electrons. The van der Waals surface area contributed by atoms with E-state index in [-0.39, 0.29) is 25.9 Å². The highest BCUT2D eigenvalue weighted by atomic mass is 16.7. The summed E-state index contributed by atoms with van der Waals surface area (Å²) in [5.74, 6) is -3.27. The fourth-order valence-electron chi connectivity index (χ4n) is 8.70. The normalized spacial score (nSPS) is 18.6. The molecule has 0 aliphatic carbocycles. The van der Waals surface area contributed by atoms with Crippen molar-refractivity contribution in [2.75, 3.05) is 13.2 Å². The van der Waals surface area contributed by atoms with Crippen LogP contribution >= 0.6 is 0 Å². The molecule has 1 aliphatic rings. The number of esters is 3. The predicted octanol–water partition coefficient (Wildman–Crippen LogP) is 16.8. The maximum Gasteiger partial charge on any atom is 0.335 e. The third-order valence-electron chi connectivity index (χ3n) is 13.5. The van der Waals surface area contributed by atoms with E-state index in [9.17, 15) is 34.5 Å². The zero-order valence-electron chi connectivity index (χ0n) is 50.5. The van der Waals surface area contributed by atoms with E-state index in [0.717, 1.165) is 128 Å². The second-order valence-corrected chi connectivity index (χ2v) is 20.9. The molecule has 1 fully saturated rings. The van der Waals surface area contributed by atoms with Gasteiger partial charge in [-0.25, -0.2) is 4.79 Å². The maximum atomic E-state index is 13.2. The molecule has 1 rings (SSSR count). The maximum absolute atomic E-state index is 13.2. The minimum Gasteiger partial charge on any atom is -0.479 e. The minimum atomic E-state index is -1.92. The second-order valence-electron chi connectivity index (χ2n) is 20.9. The lowest BCUT2D eigenvalue weighted by Crippen LogP contribution is -2.61. The Hall–Kier alpha value is -4.88. The van der Waals surface area contributed by atoms with Gasteiger partial charge in [-0.15, -0.1) is 0 Å². The molecule has 0 aromatic carbocycles. The first-order chi connectivity index (χ1) is 39.6. The first-order valence-corrected chi connectivity index (χ1v) is 31.5. The standard InChI is InChI=1S/C69H110O12/c1-4-7-10-13-16-19-22-25-27-29-31-33-35-38-40-43-46-49-52-55-61(70)77-58-60(79-62(71)56-53-50-47-44-42-39-36-34-32-30-28-26-23-20-17-14-11-8-5-2)59-78-69-67(65(74)64(73)66(81-69)68(75)76)80-63(72)57-54-51-48-45-41-37-24-21-18-15-12-9-6-3/h7,10,12,15-17,19-21,24-28,31,33,38,40,46,49,60,64-67,69,73-74H,4-6,8-9,11,13-14,18,22-23,29-30,32,34-37,39,41-45,47-48,50-59H2,1-3H3,(H,75,76)/b10-7-,15-12-,19-16-,20-17-,24-21-,27-25-,28-26-,33-31-,40-38-,49-46-. The van der Waals surface area contributed by atoms with Crippen molar-refractivity contribution in [3.05, 3.63) is 122 Å². The first kappa shape index (κ1) is 74.1. The van der Waals surface area contributed by atoms with Gasteiger partial charge in [-0.1, -0.05) is 226 Å². The highest BCUT2D eigenvalue weighted by Gasteiger charge is 2.50. The summed E-state index contributed by atoms with van der Waals surface area (Å²) < 4.78 is 28.4. The van der Waals surface area contributed by atoms with Gasteiger partial charge in [0.2, 0.25) is 0 Å². The Morgan fingerprint density at radius 2 is 0.827 bits per heavy atom. The van der Waals surface area contributed by atoms with Crippen molar-refractivity contribution in [1.82, 2.24) is 0 Å². The molecule has 0 saturated carbocycles. The number of hydrogen-bond donors (Lipinski definition) is 3. The molecule has 1 heterocycles. The van der Waals surface area contributed by atoms with Gasteiger partial charge < -0.3 is 39.0 Å². The third kappa shape index (κ3) is 45.3. The minimum absolute atomic E-state index is 0.0308. The molecule has 6 unspecified atom stereocenters. The van der Waals surface area contributed by atoms with Crippen LogP contribution in [-0.2, 0) is 42.9 Å². The van der Waals surface area contributed by atoms with Crippen LogP contribution in [0.4, 0.5) is 0 Å². The Kier molecular flexibility index (Phi) is 50.9. The summed E-state index contributed by atoms with van der Waals surface area (Å²) in [7, 11) is 0. The van der Waals surface area contributed by atoms with Crippen LogP contribution in [0, 0.1) is 0 Å². The Bertz CT molecular complexity index is 1870. The van der Waals surface area contributed by atoms with Crippen LogP contribution in [0.25, 0.3) is 0 Å². The number of unbranched alkanes of at least 4 members (excludes halogenated alkanes) is 18. The molecule has 12 nitrogen and oxygen atoms in total. The number of aliphatic hydroxyl groups excluding tert-OH is 2. The highest BCUT2D eigenvalue weighted by Crippen LogP contribution is 2.26. The molecular formula is C69H110O12. The van der Waals surface area contributed by atoms with Crippen LogP contribution in [0.15, 0.2) is 122 Å². The lowest BCUT2D eigenvalue weighted by atomic mass is 9.98. The Morgan fingerprint density at radius 1 is 0.420 bits per heavy atom. The van der Waals surface area contributed by atoms with Crippen LogP contribution in [0.1, 0.15) is 239 Å². The first-order valence-electron chi connectivity index (χ1n) is 31.5. The quantitative estimate of drug-likeness (QED) is 0.0228. The molecule has 0 bridgehead atoms. The van der Waals surface area contributed by atoms with Gasteiger partial charge in [0.05, 0.1) is 6.61 Å². The summed E-state index contributed by atoms with van der Waals surface area (Å²) in [5.41, 5.74) is 0. The van der Waals surface area contributed by atoms with E-state index in [1.54, 1.807) is 0 Å². The number of aliphatic carboxylic acids is 1. The van der Waals surface area contributed by atoms with Crippen LogP contribution in [-0.4, -0.2) is 89.2 Å². The molecule has 0 aromatic heterocycles. The van der Waals surface area contributed by atoms with E-state index >= 15 is 0 Å². The van der Waals surface area contributed by atoms with Crippen LogP contribution in [0.5, 0.6) is 0 Å². The van der Waals surface area contributed by atoms with Gasteiger partial charge in [0.15, 0.2) is 24.6 Å². The molecule has 3 N–H and O–H groups in total. The number of carboxylic acid groups (broad SMARTS) is 1. The van der Waals surface area contributed by atoms with Crippen molar-refractivity contribution in [3.63, 3.8) is 0 Å². The van der Waals surface area contributed by atoms with Crippen LogP contribution in [0.3, 0.4) is 0 Å². The summed E-state index contributed by atoms with van der Waals surface area (Å²) in [4.78, 5) is 51.2. The Morgan fingerprint density at radius 3 is 1.28 bits per heavy atom. The van der Waals surface area contributed by atoms with Gasteiger partial charge >= 0.3 is 23.9 Å². The number of carbonyl (C=O) groups excluding carboxylic acids is 3. The average Bonchev–Trinajstić information content (AvgIpc) is 3.46. The number of carbonyl (C=O) groups is 4. The van der Waals surface area contributed by atoms with E-state index in [0.29, 0.717) is 19.3 Å². The fraction of sp³-hybridized carbons (Fsp3) is 0.652. The lowest BCUT2D eigenvalue weighted by Gasteiger charge is -2.40. The number of aliphatic hydroxyl groups is 2. The van der Waals surface area contributed by atoms with Gasteiger partial charge in [-0.05, 0) is 116 Å². The number of allylic oxidation sites excluding steroid dienone is 20. The molecule has 12 heteroatoms. The third-order valence-corrected chi connectivity index (χ3v) is 13.5. The molecule has 6 atom stereocenters. The highest BCUT2D eigenvalue weighted by molar-refractivity contribution is 5.74. The number of carboxylic acids is 1. The smallest absolute Gasteiger partial charge is 0.335 e. The number of rotatable bonds is 52. The lowest BCUT2D eigenvalue weighted by molar-refractivity contribution is -0.301. The fourth-order valence-corrected chi connectivity index (χ4v) is 8.70. The van der Waals surface area contributed by atoms with E-state index in [4.69, 9.17) is 23.7 Å². The topological polar surface area (TPSA) is 175 Å². The van der Waals surface area contributed by atoms with Gasteiger partial charge in [-0.2, -0.15) is 0 Å². The molecule has 81 heavy (non-hydrogen) atoms. The van der Waals surface area contributed by atoms with Crippen molar-refractivity contribution < 1.29 is 58.2 Å². The summed E-state index contributed by atoms with van der Waals surface area (Å²) in [6.45, 7) is 5.72. The van der Waals surface area contributed by atoms with E-state index in [1.165, 1.54) is 51.4 Å². The van der Waals surface area contributed by atoms with Crippen LogP contribution in [0.2, 0.25) is 0 Å². The summed E-state index contributed by atoms with van der Waals surface area (Å²) in [6, 6.07) is 0. The van der Waals surface area contributed by atoms with Crippen molar-refractivity contribution in [3.8, 4) is 0 Å². The molecular weight excluding hydrogens is 1020 g/mol. The van der Waals surface area contributed by atoms with Crippen molar-refractivity contribution in [2.45, 2.75) is 276 Å². The Balaban J connectivity index is 2.73. The summed E-state index contributed by atoms with van der Waals surface area (Å²) in [5, 5.41) is 31.5. The van der Waals surface area contributed by atoms with Gasteiger partial charge in [0.1, 0.15) is 18.8 Å². The van der Waals surface area contributed by atoms with Crippen molar-refractivity contribution >= 4 is 23.9 Å². The summed E-state index contributed by atoms with van der Waals surface area (Å²) >= 11 is 0. The summed E-state index contributed by atoms with van der Waals surface area (Å²) in [6.07, 6.45) is 64.6. The SMILES string of the molecule is CC/C=C\C/C=C\C/C=C\C/C=C\C/C=C\C/C=C\CCC(=O)OCC(COC1OC(C(=O)O)C(O)C(O)C1OC(=O)CCCCCCC/C=C\C/C=C\CCC)OC(=O)CCCCCCCCCCC/C=C\C/C=C\CCCCC. The van der Waals surface area contributed by atoms with E-state index in [1.807, 2.05) is 12.2 Å². The van der Waals surface area contributed by atoms with Gasteiger partial charge in [0.25, 0.3) is 0 Å². The molecule has 0 spiro atoms. The van der Waals surface area contributed by atoms with Crippen LogP contribution < -0.4 is 0 Å². The van der Waals surface area contributed by atoms with E-state index < -0.39 is 67.3 Å². The molecule has 0 aromatic rings. The molecule has 0 radical (unpaired) electrons. The monoisotopic (exact) mass is 1130 g/mol. The zero-order valence-corrected chi connectivity index (χ0v) is 50.5. The predicted molar refractivity (Wildman–Crippen MR) is 330 cm³/mol. The second kappa shape index (κ2) is 55.6. The average molecular weight is 1130 g/mol. The van der Waals surface area contributed by atoms with Gasteiger partial charge in [-0.3, -0.25) is 14.4 Å². The number of hydrogen-bond acceptors (Lipinski definition) is 11. The largest absolute Gasteiger partial charge is 0.479 e. The van der Waals surface area contributed by atoms with E-state index in [2.05, 4.69) is 130 Å². The molecule has 0 amide bonds. The molecule has 1 saturated heterocycles. The Labute approximate surface area is 490 Å². The zero-order chi connectivity index (χ0) is 58.9. The van der Waals surface area contributed by atoms with Gasteiger partial charge in [0, 0.05) is 19.3 Å².